The third kappa shape index (κ3) is 3.76. The van der Waals surface area contributed by atoms with Crippen molar-refractivity contribution in [1.29, 1.82) is 0 Å². The molecule has 5 rings (SSSR count). The molecule has 1 aromatic heterocycles. The summed E-state index contributed by atoms with van der Waals surface area (Å²) in [6.45, 7) is 1.23. The second-order valence-electron chi connectivity index (χ2n) is 8.16. The van der Waals surface area contributed by atoms with Crippen LogP contribution in [0.15, 0.2) is 53.3 Å². The van der Waals surface area contributed by atoms with Gasteiger partial charge in [-0.25, -0.2) is 9.37 Å². The number of amides is 2. The summed E-state index contributed by atoms with van der Waals surface area (Å²) < 4.78 is 15.2. The monoisotopic (exact) mass is 463 g/mol. The van der Waals surface area contributed by atoms with E-state index < -0.39 is 23.0 Å². The van der Waals surface area contributed by atoms with Gasteiger partial charge in [0.2, 0.25) is 17.6 Å². The Balaban J connectivity index is 1.42. The summed E-state index contributed by atoms with van der Waals surface area (Å²) in [7, 11) is 0. The highest BCUT2D eigenvalue weighted by atomic mass is 19.1. The molecule has 10 heteroatoms. The van der Waals surface area contributed by atoms with Crippen LogP contribution in [-0.2, 0) is 17.9 Å². The predicted octanol–water partition coefficient (Wildman–Crippen LogP) is 2.30. The predicted molar refractivity (Wildman–Crippen MR) is 123 cm³/mol. The average Bonchev–Trinajstić information content (AvgIpc) is 3.47. The van der Waals surface area contributed by atoms with Gasteiger partial charge in [0.25, 0.3) is 11.5 Å². The Morgan fingerprint density at radius 3 is 2.59 bits per heavy atom. The van der Waals surface area contributed by atoms with Crippen molar-refractivity contribution in [3.63, 3.8) is 0 Å². The van der Waals surface area contributed by atoms with Gasteiger partial charge in [0.15, 0.2) is 5.69 Å². The van der Waals surface area contributed by atoms with E-state index in [9.17, 15) is 23.9 Å². The van der Waals surface area contributed by atoms with E-state index in [4.69, 9.17) is 0 Å². The Kier molecular flexibility index (Phi) is 5.48. The minimum Gasteiger partial charge on any atom is -0.501 e. The number of halogens is 1. The largest absolute Gasteiger partial charge is 0.501 e. The van der Waals surface area contributed by atoms with Crippen LogP contribution in [0, 0.1) is 5.82 Å². The van der Waals surface area contributed by atoms with Crippen LogP contribution >= 0.6 is 0 Å². The lowest BCUT2D eigenvalue weighted by atomic mass is 10.1. The SMILES string of the molecule is O=C(NCc1ccc(F)cc1N1CCCC1=O)c1nc2n(c(=O)c1O)CCN2c1ccccc1. The Labute approximate surface area is 194 Å². The molecule has 174 valence electrons. The third-order valence-corrected chi connectivity index (χ3v) is 6.05. The summed E-state index contributed by atoms with van der Waals surface area (Å²) in [6.07, 6.45) is 1.06. The number of carbonyl (C=O) groups excluding carboxylic acids is 2. The van der Waals surface area contributed by atoms with Gasteiger partial charge in [0, 0.05) is 38.3 Å². The van der Waals surface area contributed by atoms with Gasteiger partial charge in [-0.05, 0) is 36.2 Å². The van der Waals surface area contributed by atoms with Crippen LogP contribution in [0.1, 0.15) is 28.9 Å². The van der Waals surface area contributed by atoms with Crippen molar-refractivity contribution < 1.29 is 19.1 Å². The first-order valence-corrected chi connectivity index (χ1v) is 11.0. The van der Waals surface area contributed by atoms with E-state index in [0.29, 0.717) is 43.7 Å². The second kappa shape index (κ2) is 8.62. The van der Waals surface area contributed by atoms with Crippen LogP contribution in [0.3, 0.4) is 0 Å². The molecule has 2 aliphatic heterocycles. The van der Waals surface area contributed by atoms with E-state index in [-0.39, 0.29) is 24.1 Å². The van der Waals surface area contributed by atoms with Crippen molar-refractivity contribution in [3.8, 4) is 5.75 Å². The summed E-state index contributed by atoms with van der Waals surface area (Å²) in [5.74, 6) is -1.81. The molecule has 0 unspecified atom stereocenters. The molecule has 0 saturated carbocycles. The maximum absolute atomic E-state index is 13.9. The van der Waals surface area contributed by atoms with Crippen molar-refractivity contribution in [2.75, 3.05) is 22.9 Å². The molecular formula is C24H22FN5O4. The summed E-state index contributed by atoms with van der Waals surface area (Å²) in [5, 5.41) is 13.0. The van der Waals surface area contributed by atoms with Crippen molar-refractivity contribution in [2.45, 2.75) is 25.9 Å². The van der Waals surface area contributed by atoms with E-state index in [1.807, 2.05) is 30.3 Å². The molecule has 9 nitrogen and oxygen atoms in total. The highest BCUT2D eigenvalue weighted by molar-refractivity contribution is 5.97. The summed E-state index contributed by atoms with van der Waals surface area (Å²) in [4.78, 5) is 45.4. The molecule has 34 heavy (non-hydrogen) atoms. The molecule has 0 atom stereocenters. The zero-order chi connectivity index (χ0) is 23.8. The van der Waals surface area contributed by atoms with E-state index in [1.54, 1.807) is 4.90 Å². The Hall–Kier alpha value is -4.21. The van der Waals surface area contributed by atoms with Crippen molar-refractivity contribution >= 4 is 29.1 Å². The summed E-state index contributed by atoms with van der Waals surface area (Å²) >= 11 is 0. The lowest BCUT2D eigenvalue weighted by Gasteiger charge is -2.20. The lowest BCUT2D eigenvalue weighted by Crippen LogP contribution is -2.30. The van der Waals surface area contributed by atoms with Gasteiger partial charge in [-0.15, -0.1) is 0 Å². The molecule has 0 bridgehead atoms. The van der Waals surface area contributed by atoms with E-state index in [0.717, 1.165) is 5.69 Å². The molecule has 2 aliphatic rings. The lowest BCUT2D eigenvalue weighted by molar-refractivity contribution is -0.117. The first-order valence-electron chi connectivity index (χ1n) is 11.0. The number of nitrogens with one attached hydrogen (secondary N) is 1. The third-order valence-electron chi connectivity index (χ3n) is 6.05. The highest BCUT2D eigenvalue weighted by Crippen LogP contribution is 2.29. The normalized spacial score (nSPS) is 15.0. The van der Waals surface area contributed by atoms with Crippen LogP contribution in [0.2, 0.25) is 0 Å². The molecule has 0 radical (unpaired) electrons. The number of aromatic nitrogens is 2. The maximum Gasteiger partial charge on any atom is 0.298 e. The van der Waals surface area contributed by atoms with Gasteiger partial charge in [-0.2, -0.15) is 0 Å². The van der Waals surface area contributed by atoms with Gasteiger partial charge >= 0.3 is 0 Å². The van der Waals surface area contributed by atoms with E-state index in [1.165, 1.54) is 27.7 Å². The van der Waals surface area contributed by atoms with Gasteiger partial charge in [-0.1, -0.05) is 24.3 Å². The molecule has 2 amide bonds. The fraction of sp³-hybridized carbons (Fsp3) is 0.250. The summed E-state index contributed by atoms with van der Waals surface area (Å²) in [5.41, 5.74) is 0.653. The molecule has 0 spiro atoms. The second-order valence-corrected chi connectivity index (χ2v) is 8.16. The van der Waals surface area contributed by atoms with Crippen LogP contribution < -0.4 is 20.7 Å². The number of fused-ring (bicyclic) bond motifs is 1. The van der Waals surface area contributed by atoms with Gasteiger partial charge < -0.3 is 20.2 Å². The first-order chi connectivity index (χ1) is 16.4. The molecule has 3 aromatic rings. The average molecular weight is 463 g/mol. The zero-order valence-corrected chi connectivity index (χ0v) is 18.2. The number of nitrogens with zero attached hydrogens (tertiary/aromatic N) is 4. The van der Waals surface area contributed by atoms with Crippen LogP contribution in [0.5, 0.6) is 5.75 Å². The number of hydrogen-bond acceptors (Lipinski definition) is 6. The summed E-state index contributed by atoms with van der Waals surface area (Å²) in [6, 6.07) is 13.3. The van der Waals surface area contributed by atoms with Gasteiger partial charge in [-0.3, -0.25) is 19.0 Å². The molecule has 1 saturated heterocycles. The number of benzene rings is 2. The number of aromatic hydroxyl groups is 1. The molecule has 0 aliphatic carbocycles. The van der Waals surface area contributed by atoms with Crippen LogP contribution in [0.25, 0.3) is 0 Å². The van der Waals surface area contributed by atoms with Crippen LogP contribution in [-0.4, -0.2) is 39.6 Å². The van der Waals surface area contributed by atoms with E-state index >= 15 is 0 Å². The van der Waals surface area contributed by atoms with Crippen molar-refractivity contribution in [1.82, 2.24) is 14.9 Å². The first kappa shape index (κ1) is 21.6. The Morgan fingerprint density at radius 2 is 1.85 bits per heavy atom. The smallest absolute Gasteiger partial charge is 0.298 e. The standard InChI is InChI=1S/C24H22FN5O4/c25-16-9-8-15(18(13-16)29-10-4-7-19(29)31)14-26-22(33)20-21(32)23(34)30-12-11-28(24(30)27-20)17-5-2-1-3-6-17/h1-3,5-6,8-9,13,32H,4,7,10-12,14H2,(H,26,33). The van der Waals surface area contributed by atoms with Crippen molar-refractivity contribution in [2.24, 2.45) is 0 Å². The van der Waals surface area contributed by atoms with Gasteiger partial charge in [0.05, 0.1) is 5.69 Å². The van der Waals surface area contributed by atoms with Gasteiger partial charge in [0.1, 0.15) is 5.82 Å². The highest BCUT2D eigenvalue weighted by Gasteiger charge is 2.29. The van der Waals surface area contributed by atoms with Crippen molar-refractivity contribution in [3.05, 3.63) is 76.0 Å². The minimum atomic E-state index is -0.749. The Bertz CT molecular complexity index is 1340. The maximum atomic E-state index is 13.9. The Morgan fingerprint density at radius 1 is 1.06 bits per heavy atom. The number of para-hydroxylation sites is 1. The quantitative estimate of drug-likeness (QED) is 0.601. The number of anilines is 3. The molecule has 2 N–H and O–H groups in total. The topological polar surface area (TPSA) is 108 Å². The molecule has 1 fully saturated rings. The number of hydrogen-bond donors (Lipinski definition) is 2. The molecule has 3 heterocycles. The fourth-order valence-electron chi connectivity index (χ4n) is 4.35. The zero-order valence-electron chi connectivity index (χ0n) is 18.2. The molecular weight excluding hydrogens is 441 g/mol. The number of carbonyl (C=O) groups is 2. The molecule has 2 aromatic carbocycles. The van der Waals surface area contributed by atoms with E-state index in [2.05, 4.69) is 10.3 Å². The fourth-order valence-corrected chi connectivity index (χ4v) is 4.35. The number of rotatable bonds is 5. The minimum absolute atomic E-state index is 0.0415. The van der Waals surface area contributed by atoms with Crippen LogP contribution in [0.4, 0.5) is 21.7 Å².